The van der Waals surface area contributed by atoms with Crippen molar-refractivity contribution in [1.29, 1.82) is 0 Å². The fourth-order valence-corrected chi connectivity index (χ4v) is 2.30. The summed E-state index contributed by atoms with van der Waals surface area (Å²) in [5.41, 5.74) is -0.0100. The van der Waals surface area contributed by atoms with Gasteiger partial charge in [-0.1, -0.05) is 43.7 Å². The lowest BCUT2D eigenvalue weighted by Crippen LogP contribution is -2.32. The van der Waals surface area contributed by atoms with Crippen LogP contribution in [0.1, 0.15) is 25.3 Å². The van der Waals surface area contributed by atoms with E-state index in [1.54, 1.807) is 11.0 Å². The van der Waals surface area contributed by atoms with Gasteiger partial charge in [0.15, 0.2) is 0 Å². The molecule has 0 fully saturated rings. The van der Waals surface area contributed by atoms with E-state index in [4.69, 9.17) is 12.2 Å². The molecular formula is C13H17N3OS. The molecule has 2 aromatic rings. The molecule has 1 heterocycles. The van der Waals surface area contributed by atoms with E-state index >= 15 is 0 Å². The highest BCUT2D eigenvalue weighted by molar-refractivity contribution is 7.71. The Balaban J connectivity index is 2.33. The molecule has 0 aliphatic heterocycles. The fourth-order valence-electron chi connectivity index (χ4n) is 2.13. The summed E-state index contributed by atoms with van der Waals surface area (Å²) in [6.45, 7) is 2.45. The summed E-state index contributed by atoms with van der Waals surface area (Å²) in [6.07, 6.45) is 3.12. The Morgan fingerprint density at radius 2 is 2.11 bits per heavy atom. The van der Waals surface area contributed by atoms with E-state index in [0.29, 0.717) is 17.7 Å². The highest BCUT2D eigenvalue weighted by atomic mass is 32.1. The molecule has 5 heteroatoms. The normalized spacial score (nSPS) is 14.3. The number of aromatic nitrogens is 3. The Morgan fingerprint density at radius 1 is 1.39 bits per heavy atom. The molecule has 2 rings (SSSR count). The molecule has 1 atom stereocenters. The summed E-state index contributed by atoms with van der Waals surface area (Å²) < 4.78 is 2.15. The van der Waals surface area contributed by atoms with E-state index in [-0.39, 0.29) is 0 Å². The van der Waals surface area contributed by atoms with Gasteiger partial charge in [-0.05, 0) is 24.2 Å². The van der Waals surface area contributed by atoms with Crippen molar-refractivity contribution in [2.45, 2.75) is 31.9 Å². The van der Waals surface area contributed by atoms with Crippen molar-refractivity contribution < 1.29 is 5.11 Å². The number of benzene rings is 1. The van der Waals surface area contributed by atoms with Crippen LogP contribution >= 0.6 is 12.2 Å². The summed E-state index contributed by atoms with van der Waals surface area (Å²) >= 11 is 5.10. The first-order chi connectivity index (χ1) is 8.65. The predicted molar refractivity (Wildman–Crippen MR) is 72.7 cm³/mol. The third-order valence-corrected chi connectivity index (χ3v) is 3.34. The zero-order valence-electron chi connectivity index (χ0n) is 10.3. The molecule has 0 spiro atoms. The SMILES string of the molecule is CCCC(O)(Cn1[nH]cnc1=S)c1ccccc1. The van der Waals surface area contributed by atoms with Gasteiger partial charge in [0.2, 0.25) is 4.77 Å². The summed E-state index contributed by atoms with van der Waals surface area (Å²) in [4.78, 5) is 3.97. The zero-order valence-corrected chi connectivity index (χ0v) is 11.2. The minimum absolute atomic E-state index is 0.393. The van der Waals surface area contributed by atoms with Gasteiger partial charge in [0.1, 0.15) is 11.9 Å². The van der Waals surface area contributed by atoms with E-state index in [1.165, 1.54) is 0 Å². The van der Waals surface area contributed by atoms with E-state index in [0.717, 1.165) is 12.0 Å². The van der Waals surface area contributed by atoms with Gasteiger partial charge in [0.25, 0.3) is 0 Å². The predicted octanol–water partition coefficient (Wildman–Crippen LogP) is 2.63. The Kier molecular flexibility index (Phi) is 3.93. The first-order valence-corrected chi connectivity index (χ1v) is 6.44. The van der Waals surface area contributed by atoms with Gasteiger partial charge in [-0.25, -0.2) is 4.98 Å². The number of rotatable bonds is 5. The second-order valence-electron chi connectivity index (χ2n) is 4.40. The van der Waals surface area contributed by atoms with Gasteiger partial charge >= 0.3 is 0 Å². The smallest absolute Gasteiger partial charge is 0.215 e. The molecule has 0 saturated carbocycles. The highest BCUT2D eigenvalue weighted by Crippen LogP contribution is 2.28. The summed E-state index contributed by atoms with van der Waals surface area (Å²) in [6, 6.07) is 9.69. The van der Waals surface area contributed by atoms with Crippen LogP contribution in [0.4, 0.5) is 0 Å². The average Bonchev–Trinajstić information content (AvgIpc) is 2.76. The lowest BCUT2D eigenvalue weighted by molar-refractivity contribution is 0.00514. The summed E-state index contributed by atoms with van der Waals surface area (Å²) in [7, 11) is 0. The Morgan fingerprint density at radius 3 is 2.67 bits per heavy atom. The van der Waals surface area contributed by atoms with Crippen molar-refractivity contribution >= 4 is 12.2 Å². The maximum atomic E-state index is 10.9. The van der Waals surface area contributed by atoms with Crippen LogP contribution in [0.5, 0.6) is 0 Å². The van der Waals surface area contributed by atoms with Crippen molar-refractivity contribution in [3.8, 4) is 0 Å². The van der Waals surface area contributed by atoms with Crippen LogP contribution in [0.2, 0.25) is 0 Å². The Bertz CT molecular complexity index is 549. The van der Waals surface area contributed by atoms with Crippen LogP contribution in [-0.2, 0) is 12.1 Å². The quantitative estimate of drug-likeness (QED) is 0.815. The molecule has 2 N–H and O–H groups in total. The summed E-state index contributed by atoms with van der Waals surface area (Å²) in [5, 5.41) is 13.8. The number of nitrogens with one attached hydrogen (secondary N) is 1. The van der Waals surface area contributed by atoms with Gasteiger partial charge in [-0.3, -0.25) is 9.78 Å². The minimum atomic E-state index is -0.916. The molecule has 96 valence electrons. The van der Waals surface area contributed by atoms with Crippen LogP contribution in [0.15, 0.2) is 36.7 Å². The second kappa shape index (κ2) is 5.46. The van der Waals surface area contributed by atoms with Crippen LogP contribution in [0.25, 0.3) is 0 Å². The number of hydrogen-bond donors (Lipinski definition) is 2. The first-order valence-electron chi connectivity index (χ1n) is 6.04. The molecule has 1 aromatic carbocycles. The number of hydrogen-bond acceptors (Lipinski definition) is 3. The molecule has 4 nitrogen and oxygen atoms in total. The molecular weight excluding hydrogens is 246 g/mol. The monoisotopic (exact) mass is 263 g/mol. The number of aliphatic hydroxyl groups is 1. The van der Waals surface area contributed by atoms with Crippen LogP contribution in [0.3, 0.4) is 0 Å². The molecule has 0 aliphatic carbocycles. The molecule has 0 saturated heterocycles. The Labute approximate surface area is 111 Å². The third-order valence-electron chi connectivity index (χ3n) is 3.01. The van der Waals surface area contributed by atoms with E-state index < -0.39 is 5.60 Å². The Hall–Kier alpha value is -1.46. The fraction of sp³-hybridized carbons (Fsp3) is 0.385. The maximum absolute atomic E-state index is 10.9. The summed E-state index contributed by atoms with van der Waals surface area (Å²) in [5.74, 6) is 0. The van der Waals surface area contributed by atoms with Crippen molar-refractivity contribution in [3.05, 3.63) is 47.0 Å². The van der Waals surface area contributed by atoms with Gasteiger partial charge in [-0.15, -0.1) is 0 Å². The maximum Gasteiger partial charge on any atom is 0.215 e. The largest absolute Gasteiger partial charge is 0.383 e. The number of nitrogens with zero attached hydrogens (tertiary/aromatic N) is 2. The van der Waals surface area contributed by atoms with Gasteiger partial charge in [0.05, 0.1) is 6.54 Å². The molecule has 18 heavy (non-hydrogen) atoms. The van der Waals surface area contributed by atoms with Crippen molar-refractivity contribution in [2.75, 3.05) is 0 Å². The number of H-pyrrole nitrogens is 1. The lowest BCUT2D eigenvalue weighted by Gasteiger charge is -2.28. The van der Waals surface area contributed by atoms with E-state index in [9.17, 15) is 5.11 Å². The molecule has 0 aliphatic rings. The van der Waals surface area contributed by atoms with Crippen LogP contribution in [-0.4, -0.2) is 19.9 Å². The van der Waals surface area contributed by atoms with Crippen molar-refractivity contribution in [1.82, 2.24) is 14.8 Å². The highest BCUT2D eigenvalue weighted by Gasteiger charge is 2.29. The van der Waals surface area contributed by atoms with E-state index in [2.05, 4.69) is 17.0 Å². The molecule has 0 radical (unpaired) electrons. The van der Waals surface area contributed by atoms with E-state index in [1.807, 2.05) is 30.3 Å². The van der Waals surface area contributed by atoms with Gasteiger partial charge in [-0.2, -0.15) is 0 Å². The first kappa shape index (κ1) is 13.0. The minimum Gasteiger partial charge on any atom is -0.383 e. The standard InChI is InChI=1S/C13H17N3OS/c1-2-8-13(17,11-6-4-3-5-7-11)9-16-12(18)14-10-15-16/h3-7,10,17H,2,8-9H2,1H3,(H,14,15,18). The molecule has 0 amide bonds. The topological polar surface area (TPSA) is 53.8 Å². The molecule has 1 unspecified atom stereocenters. The lowest BCUT2D eigenvalue weighted by atomic mass is 9.89. The van der Waals surface area contributed by atoms with Crippen molar-refractivity contribution in [2.24, 2.45) is 0 Å². The zero-order chi connectivity index (χ0) is 13.0. The molecule has 1 aromatic heterocycles. The van der Waals surface area contributed by atoms with Crippen LogP contribution in [0, 0.1) is 4.77 Å². The van der Waals surface area contributed by atoms with Crippen molar-refractivity contribution in [3.63, 3.8) is 0 Å². The third kappa shape index (κ3) is 2.68. The van der Waals surface area contributed by atoms with Gasteiger partial charge in [0, 0.05) is 0 Å². The van der Waals surface area contributed by atoms with Crippen LogP contribution < -0.4 is 0 Å². The van der Waals surface area contributed by atoms with Gasteiger partial charge < -0.3 is 5.11 Å². The number of aromatic amines is 1. The average molecular weight is 263 g/mol. The molecule has 0 bridgehead atoms. The second-order valence-corrected chi connectivity index (χ2v) is 4.77.